The van der Waals surface area contributed by atoms with Crippen LogP contribution in [0.2, 0.25) is 0 Å². The van der Waals surface area contributed by atoms with Crippen molar-refractivity contribution >= 4 is 51.1 Å². The molecule has 1 fully saturated rings. The molecule has 0 radical (unpaired) electrons. The van der Waals surface area contributed by atoms with Gasteiger partial charge in [-0.15, -0.1) is 11.8 Å². The van der Waals surface area contributed by atoms with Gasteiger partial charge in [0.1, 0.15) is 0 Å². The lowest BCUT2D eigenvalue weighted by molar-refractivity contribution is -0.127. The number of likely N-dealkylation sites (tertiary alicyclic amines) is 1. The van der Waals surface area contributed by atoms with Crippen molar-refractivity contribution in [1.82, 2.24) is 9.47 Å². The molecule has 0 unspecified atom stereocenters. The first-order chi connectivity index (χ1) is 13.5. The number of thioether (sulfide) groups is 1. The lowest BCUT2D eigenvalue weighted by Crippen LogP contribution is -2.29. The third-order valence-corrected chi connectivity index (χ3v) is 6.49. The van der Waals surface area contributed by atoms with E-state index in [1.165, 1.54) is 30.2 Å². The van der Waals surface area contributed by atoms with Gasteiger partial charge < -0.3 is 14.2 Å². The van der Waals surface area contributed by atoms with Crippen molar-refractivity contribution in [2.75, 3.05) is 31.7 Å². The van der Waals surface area contributed by atoms with E-state index in [1.54, 1.807) is 12.1 Å². The van der Waals surface area contributed by atoms with Gasteiger partial charge in [-0.25, -0.2) is 4.79 Å². The summed E-state index contributed by atoms with van der Waals surface area (Å²) in [6, 6.07) is 5.30. The zero-order valence-electron chi connectivity index (χ0n) is 16.0. The van der Waals surface area contributed by atoms with Crippen LogP contribution in [-0.4, -0.2) is 59.0 Å². The van der Waals surface area contributed by atoms with E-state index >= 15 is 0 Å². The van der Waals surface area contributed by atoms with Gasteiger partial charge in [-0.2, -0.15) is 4.99 Å². The molecule has 1 saturated heterocycles. The quantitative estimate of drug-likeness (QED) is 0.669. The highest BCUT2D eigenvalue weighted by Gasteiger charge is 2.18. The normalized spacial score (nSPS) is 14.6. The van der Waals surface area contributed by atoms with Crippen molar-refractivity contribution in [3.63, 3.8) is 0 Å². The van der Waals surface area contributed by atoms with Crippen molar-refractivity contribution < 1.29 is 19.1 Å². The third kappa shape index (κ3) is 4.64. The Labute approximate surface area is 171 Å². The molecule has 1 aliphatic heterocycles. The van der Waals surface area contributed by atoms with E-state index in [9.17, 15) is 14.4 Å². The molecule has 7 nitrogen and oxygen atoms in total. The molecule has 0 spiro atoms. The molecule has 0 N–H and O–H groups in total. The number of carbonyl (C=O) groups is 3. The van der Waals surface area contributed by atoms with Crippen LogP contribution in [0.1, 0.15) is 30.1 Å². The molecule has 0 saturated carbocycles. The fourth-order valence-electron chi connectivity index (χ4n) is 3.13. The summed E-state index contributed by atoms with van der Waals surface area (Å²) in [5.74, 6) is -0.0844. The standard InChI is InChI=1S/C19H23N3O4S2/c1-3-22-14-7-6-13(18(25)26-2)10-15(14)28-19(22)20-16(23)11-27-12-17(24)21-8-4-5-9-21/h6-7,10H,3-5,8-9,11-12H2,1-2H3. The number of amides is 2. The highest BCUT2D eigenvalue weighted by Crippen LogP contribution is 2.20. The number of carbonyl (C=O) groups excluding carboxylic acids is 3. The van der Waals surface area contributed by atoms with Gasteiger partial charge in [-0.1, -0.05) is 11.3 Å². The fraction of sp³-hybridized carbons (Fsp3) is 0.474. The lowest BCUT2D eigenvalue weighted by atomic mass is 10.2. The number of hydrogen-bond acceptors (Lipinski definition) is 6. The number of esters is 1. The summed E-state index contributed by atoms with van der Waals surface area (Å²) in [4.78, 5) is 42.7. The Morgan fingerprint density at radius 2 is 1.96 bits per heavy atom. The largest absolute Gasteiger partial charge is 0.465 e. The van der Waals surface area contributed by atoms with Gasteiger partial charge in [0.05, 0.1) is 34.4 Å². The van der Waals surface area contributed by atoms with Gasteiger partial charge in [0.2, 0.25) is 5.91 Å². The second kappa shape index (κ2) is 9.38. The number of aromatic nitrogens is 1. The lowest BCUT2D eigenvalue weighted by Gasteiger charge is -2.14. The van der Waals surface area contributed by atoms with Gasteiger partial charge in [-0.05, 0) is 38.0 Å². The molecule has 0 bridgehead atoms. The average molecular weight is 422 g/mol. The predicted octanol–water partition coefficient (Wildman–Crippen LogP) is 2.29. The molecule has 0 aliphatic carbocycles. The van der Waals surface area contributed by atoms with E-state index in [0.29, 0.717) is 22.7 Å². The Morgan fingerprint density at radius 3 is 2.64 bits per heavy atom. The molecule has 3 rings (SSSR count). The zero-order chi connectivity index (χ0) is 20.1. The number of rotatable bonds is 6. The molecule has 2 amide bonds. The number of benzene rings is 1. The molecule has 1 aromatic heterocycles. The molecule has 9 heteroatoms. The van der Waals surface area contributed by atoms with E-state index in [1.807, 2.05) is 22.5 Å². The molecule has 2 aromatic rings. The maximum absolute atomic E-state index is 12.3. The molecular weight excluding hydrogens is 398 g/mol. The minimum atomic E-state index is -0.396. The topological polar surface area (TPSA) is 81.0 Å². The molecule has 1 aromatic carbocycles. The van der Waals surface area contributed by atoms with E-state index in [0.717, 1.165) is 36.1 Å². The third-order valence-electron chi connectivity index (χ3n) is 4.55. The number of methoxy groups -OCH3 is 1. The molecule has 0 atom stereocenters. The highest BCUT2D eigenvalue weighted by atomic mass is 32.2. The predicted molar refractivity (Wildman–Crippen MR) is 111 cm³/mol. The first-order valence-electron chi connectivity index (χ1n) is 9.18. The van der Waals surface area contributed by atoms with Crippen LogP contribution in [0.15, 0.2) is 23.2 Å². The zero-order valence-corrected chi connectivity index (χ0v) is 17.6. The summed E-state index contributed by atoms with van der Waals surface area (Å²) in [7, 11) is 1.35. The Bertz CT molecular complexity index is 958. The second-order valence-corrected chi connectivity index (χ2v) is 8.38. The van der Waals surface area contributed by atoms with Crippen LogP contribution in [0.4, 0.5) is 0 Å². The van der Waals surface area contributed by atoms with Crippen molar-refractivity contribution in [3.8, 4) is 0 Å². The smallest absolute Gasteiger partial charge is 0.337 e. The van der Waals surface area contributed by atoms with Crippen LogP contribution in [0, 0.1) is 0 Å². The first kappa shape index (κ1) is 20.6. The summed E-state index contributed by atoms with van der Waals surface area (Å²) in [6.07, 6.45) is 2.12. The van der Waals surface area contributed by atoms with E-state index in [4.69, 9.17) is 4.74 Å². The van der Waals surface area contributed by atoms with Gasteiger partial charge in [-0.3, -0.25) is 9.59 Å². The van der Waals surface area contributed by atoms with Crippen LogP contribution in [0.5, 0.6) is 0 Å². The fourth-order valence-corrected chi connectivity index (χ4v) is 4.98. The van der Waals surface area contributed by atoms with E-state index in [-0.39, 0.29) is 17.6 Å². The van der Waals surface area contributed by atoms with Crippen LogP contribution in [-0.2, 0) is 20.9 Å². The van der Waals surface area contributed by atoms with Gasteiger partial charge in [0.25, 0.3) is 5.91 Å². The Hall–Kier alpha value is -2.13. The molecule has 1 aliphatic rings. The minimum Gasteiger partial charge on any atom is -0.465 e. The molecule has 28 heavy (non-hydrogen) atoms. The number of nitrogens with zero attached hydrogens (tertiary/aromatic N) is 3. The first-order valence-corrected chi connectivity index (χ1v) is 11.2. The number of fused-ring (bicyclic) bond motifs is 1. The SMILES string of the molecule is CCn1c(=NC(=O)CSCC(=O)N2CCCC2)sc2cc(C(=O)OC)ccc21. The summed E-state index contributed by atoms with van der Waals surface area (Å²) < 4.78 is 7.57. The average Bonchev–Trinajstić information content (AvgIpc) is 3.34. The Balaban J connectivity index is 1.71. The summed E-state index contributed by atoms with van der Waals surface area (Å²) in [5.41, 5.74) is 1.39. The van der Waals surface area contributed by atoms with Crippen molar-refractivity contribution in [1.29, 1.82) is 0 Å². The van der Waals surface area contributed by atoms with E-state index in [2.05, 4.69) is 4.99 Å². The van der Waals surface area contributed by atoms with Gasteiger partial charge in [0, 0.05) is 19.6 Å². The second-order valence-electron chi connectivity index (χ2n) is 6.39. The summed E-state index contributed by atoms with van der Waals surface area (Å²) in [5, 5.41) is 0. The molecule has 150 valence electrons. The number of hydrogen-bond donors (Lipinski definition) is 0. The highest BCUT2D eigenvalue weighted by molar-refractivity contribution is 8.00. The van der Waals surface area contributed by atoms with Crippen LogP contribution in [0.25, 0.3) is 10.2 Å². The Morgan fingerprint density at radius 1 is 1.21 bits per heavy atom. The maximum Gasteiger partial charge on any atom is 0.337 e. The molecular formula is C19H23N3O4S2. The van der Waals surface area contributed by atoms with Gasteiger partial charge >= 0.3 is 5.97 Å². The number of aryl methyl sites for hydroxylation is 1. The monoisotopic (exact) mass is 421 g/mol. The minimum absolute atomic E-state index is 0.0936. The van der Waals surface area contributed by atoms with Crippen molar-refractivity contribution in [3.05, 3.63) is 28.6 Å². The van der Waals surface area contributed by atoms with Crippen LogP contribution >= 0.6 is 23.1 Å². The Kier molecular flexibility index (Phi) is 6.90. The van der Waals surface area contributed by atoms with Crippen molar-refractivity contribution in [2.24, 2.45) is 4.99 Å². The van der Waals surface area contributed by atoms with Gasteiger partial charge in [0.15, 0.2) is 4.80 Å². The number of thiazole rings is 1. The number of ether oxygens (including phenoxy) is 1. The van der Waals surface area contributed by atoms with Crippen molar-refractivity contribution in [2.45, 2.75) is 26.3 Å². The maximum atomic E-state index is 12.3. The van der Waals surface area contributed by atoms with Crippen LogP contribution < -0.4 is 4.80 Å². The summed E-state index contributed by atoms with van der Waals surface area (Å²) in [6.45, 7) is 4.28. The van der Waals surface area contributed by atoms with E-state index < -0.39 is 5.97 Å². The van der Waals surface area contributed by atoms with Crippen LogP contribution in [0.3, 0.4) is 0 Å². The summed E-state index contributed by atoms with van der Waals surface area (Å²) >= 11 is 2.67. The molecule has 2 heterocycles.